The molecule has 6 rings (SSSR count). The van der Waals surface area contributed by atoms with Crippen LogP contribution in [0.3, 0.4) is 0 Å². The minimum absolute atomic E-state index is 0.288. The number of piperazine rings is 1. The number of nitrogens with zero attached hydrogens (tertiary/aromatic N) is 3. The van der Waals surface area contributed by atoms with Gasteiger partial charge in [-0.1, -0.05) is 24.3 Å². The highest BCUT2D eigenvalue weighted by Gasteiger charge is 2.46. The highest BCUT2D eigenvalue weighted by Crippen LogP contribution is 2.46. The molecule has 1 aromatic carbocycles. The number of pyridine rings is 1. The van der Waals surface area contributed by atoms with Crippen LogP contribution in [0.4, 0.5) is 10.5 Å². The number of hydrogen-bond acceptors (Lipinski definition) is 5. The average molecular weight is 501 g/mol. The van der Waals surface area contributed by atoms with Crippen molar-refractivity contribution >= 4 is 29.3 Å². The molecule has 2 aromatic rings. The van der Waals surface area contributed by atoms with Crippen LogP contribution in [0.5, 0.6) is 0 Å². The maximum absolute atomic E-state index is 12.4. The molecule has 4 aliphatic rings. The molecule has 0 bridgehead atoms. The SMILES string of the molecule is CC(C)(C)OC(=O)NC1(c2ccc(C3=Cc4c(N5CCN(C(=O)C6CC6)CC5)ccnc4C3)cc2)CC1. The van der Waals surface area contributed by atoms with Crippen molar-refractivity contribution in [2.75, 3.05) is 31.1 Å². The average Bonchev–Trinajstić information content (AvgIpc) is 3.80. The Kier molecular flexibility index (Phi) is 5.77. The maximum Gasteiger partial charge on any atom is 0.408 e. The summed E-state index contributed by atoms with van der Waals surface area (Å²) in [5, 5.41) is 3.09. The van der Waals surface area contributed by atoms with Crippen LogP contribution in [0.2, 0.25) is 0 Å². The molecule has 3 fully saturated rings. The lowest BCUT2D eigenvalue weighted by Crippen LogP contribution is -2.49. The van der Waals surface area contributed by atoms with Crippen molar-refractivity contribution in [3.05, 3.63) is 58.9 Å². The monoisotopic (exact) mass is 500 g/mol. The van der Waals surface area contributed by atoms with Crippen LogP contribution in [-0.2, 0) is 21.5 Å². The topological polar surface area (TPSA) is 74.8 Å². The van der Waals surface area contributed by atoms with Gasteiger partial charge in [0.1, 0.15) is 5.60 Å². The Labute approximate surface area is 218 Å². The molecule has 194 valence electrons. The van der Waals surface area contributed by atoms with Gasteiger partial charge in [0.25, 0.3) is 0 Å². The number of fused-ring (bicyclic) bond motifs is 1. The first-order valence-electron chi connectivity index (χ1n) is 13.6. The molecule has 7 heteroatoms. The third-order valence-corrected chi connectivity index (χ3v) is 7.88. The highest BCUT2D eigenvalue weighted by atomic mass is 16.6. The zero-order valence-electron chi connectivity index (χ0n) is 22.0. The van der Waals surface area contributed by atoms with E-state index in [2.05, 4.69) is 51.6 Å². The third-order valence-electron chi connectivity index (χ3n) is 7.88. The Bertz CT molecular complexity index is 1240. The molecule has 2 heterocycles. The predicted molar refractivity (Wildman–Crippen MR) is 144 cm³/mol. The molecule has 1 N–H and O–H groups in total. The molecule has 1 aromatic heterocycles. The normalized spacial score (nSPS) is 20.2. The molecule has 1 aliphatic heterocycles. The molecule has 3 aliphatic carbocycles. The molecule has 2 amide bonds. The third kappa shape index (κ3) is 4.96. The van der Waals surface area contributed by atoms with Gasteiger partial charge in [-0.2, -0.15) is 0 Å². The fourth-order valence-electron chi connectivity index (χ4n) is 5.54. The number of anilines is 1. The van der Waals surface area contributed by atoms with E-state index >= 15 is 0 Å². The minimum atomic E-state index is -0.511. The summed E-state index contributed by atoms with van der Waals surface area (Å²) in [6.07, 6.45) is 8.61. The number of aromatic nitrogens is 1. The van der Waals surface area contributed by atoms with Crippen molar-refractivity contribution in [3.63, 3.8) is 0 Å². The van der Waals surface area contributed by atoms with Crippen molar-refractivity contribution in [1.29, 1.82) is 0 Å². The second-order valence-electron chi connectivity index (χ2n) is 11.9. The molecular weight excluding hydrogens is 464 g/mol. The van der Waals surface area contributed by atoms with Gasteiger partial charge >= 0.3 is 6.09 Å². The number of alkyl carbamates (subject to hydrolysis) is 1. The molecule has 7 nitrogen and oxygen atoms in total. The van der Waals surface area contributed by atoms with E-state index in [4.69, 9.17) is 4.74 Å². The van der Waals surface area contributed by atoms with Crippen LogP contribution in [0.1, 0.15) is 68.8 Å². The number of hydrogen-bond donors (Lipinski definition) is 1. The van der Waals surface area contributed by atoms with E-state index < -0.39 is 5.60 Å². The molecule has 0 unspecified atom stereocenters. The van der Waals surface area contributed by atoms with Crippen molar-refractivity contribution in [1.82, 2.24) is 15.2 Å². The summed E-state index contributed by atoms with van der Waals surface area (Å²) in [6, 6.07) is 10.7. The standard InChI is InChI=1S/C30H36N4O3/c1-29(2,3)37-28(36)32-30(11-12-30)23-8-6-20(7-9-23)22-18-24-25(19-22)31-13-10-26(24)33-14-16-34(17-15-33)27(35)21-4-5-21/h6-10,13,18,21H,4-5,11-12,14-17,19H2,1-3H3,(H,32,36). The quantitative estimate of drug-likeness (QED) is 0.641. The summed E-state index contributed by atoms with van der Waals surface area (Å²) in [7, 11) is 0. The number of allylic oxidation sites excluding steroid dienone is 1. The summed E-state index contributed by atoms with van der Waals surface area (Å²) < 4.78 is 5.48. The second-order valence-corrected chi connectivity index (χ2v) is 11.9. The molecule has 0 spiro atoms. The number of nitrogens with one attached hydrogen (secondary N) is 1. The lowest BCUT2D eigenvalue weighted by molar-refractivity contribution is -0.132. The minimum Gasteiger partial charge on any atom is -0.444 e. The van der Waals surface area contributed by atoms with Gasteiger partial charge in [0.05, 0.1) is 11.2 Å². The summed E-state index contributed by atoms with van der Waals surface area (Å²) >= 11 is 0. The second kappa shape index (κ2) is 8.89. The van der Waals surface area contributed by atoms with E-state index in [1.54, 1.807) is 0 Å². The van der Waals surface area contributed by atoms with Crippen molar-refractivity contribution < 1.29 is 14.3 Å². The Hall–Kier alpha value is -3.35. The molecule has 37 heavy (non-hydrogen) atoms. The maximum atomic E-state index is 12.4. The fourth-order valence-corrected chi connectivity index (χ4v) is 5.54. The number of benzene rings is 1. The van der Waals surface area contributed by atoms with E-state index in [9.17, 15) is 9.59 Å². The zero-order chi connectivity index (χ0) is 25.8. The molecular formula is C30H36N4O3. The molecule has 1 saturated heterocycles. The number of ether oxygens (including phenoxy) is 1. The van der Waals surface area contributed by atoms with Gasteiger partial charge in [0.2, 0.25) is 5.91 Å². The molecule has 2 saturated carbocycles. The van der Waals surface area contributed by atoms with Gasteiger partial charge in [-0.25, -0.2) is 4.79 Å². The predicted octanol–water partition coefficient (Wildman–Crippen LogP) is 4.75. The Morgan fingerprint density at radius 3 is 2.35 bits per heavy atom. The Morgan fingerprint density at radius 2 is 1.73 bits per heavy atom. The highest BCUT2D eigenvalue weighted by molar-refractivity contribution is 5.92. The van der Waals surface area contributed by atoms with Gasteiger partial charge in [0, 0.05) is 56.0 Å². The first-order chi connectivity index (χ1) is 17.7. The van der Waals surface area contributed by atoms with E-state index in [0.29, 0.717) is 5.91 Å². The van der Waals surface area contributed by atoms with Crippen molar-refractivity contribution in [2.24, 2.45) is 5.92 Å². The van der Waals surface area contributed by atoms with Gasteiger partial charge in [0.15, 0.2) is 0 Å². The zero-order valence-corrected chi connectivity index (χ0v) is 22.0. The number of carbonyl (C=O) groups excluding carboxylic acids is 2. The van der Waals surface area contributed by atoms with Gasteiger partial charge < -0.3 is 19.9 Å². The van der Waals surface area contributed by atoms with Crippen LogP contribution < -0.4 is 10.2 Å². The van der Waals surface area contributed by atoms with Gasteiger partial charge in [-0.05, 0) is 75.3 Å². The molecule has 0 radical (unpaired) electrons. The van der Waals surface area contributed by atoms with Crippen molar-refractivity contribution in [3.8, 4) is 0 Å². The van der Waals surface area contributed by atoms with E-state index in [1.165, 1.54) is 22.4 Å². The summed E-state index contributed by atoms with van der Waals surface area (Å²) in [5.74, 6) is 0.635. The Morgan fingerprint density at radius 1 is 1.03 bits per heavy atom. The van der Waals surface area contributed by atoms with E-state index in [1.807, 2.05) is 31.9 Å². The number of carbonyl (C=O) groups is 2. The molecule has 0 atom stereocenters. The summed E-state index contributed by atoms with van der Waals surface area (Å²) in [4.78, 5) is 33.9. The smallest absolute Gasteiger partial charge is 0.408 e. The van der Waals surface area contributed by atoms with E-state index in [-0.39, 0.29) is 17.6 Å². The first-order valence-corrected chi connectivity index (χ1v) is 13.6. The number of amides is 2. The lowest BCUT2D eigenvalue weighted by Gasteiger charge is -2.37. The van der Waals surface area contributed by atoms with Crippen LogP contribution in [0.25, 0.3) is 11.6 Å². The van der Waals surface area contributed by atoms with Crippen LogP contribution in [0.15, 0.2) is 36.5 Å². The first kappa shape index (κ1) is 24.0. The van der Waals surface area contributed by atoms with Crippen LogP contribution in [0, 0.1) is 5.92 Å². The van der Waals surface area contributed by atoms with Crippen LogP contribution in [-0.4, -0.2) is 53.7 Å². The Balaban J connectivity index is 1.14. The lowest BCUT2D eigenvalue weighted by atomic mass is 9.99. The van der Waals surface area contributed by atoms with E-state index in [0.717, 1.165) is 69.5 Å². The fraction of sp³-hybridized carbons (Fsp3) is 0.500. The number of rotatable bonds is 5. The summed E-state index contributed by atoms with van der Waals surface area (Å²) in [5.41, 5.74) is 6.26. The van der Waals surface area contributed by atoms with Gasteiger partial charge in [-0.15, -0.1) is 0 Å². The van der Waals surface area contributed by atoms with Crippen molar-refractivity contribution in [2.45, 2.75) is 64.0 Å². The van der Waals surface area contributed by atoms with Gasteiger partial charge in [-0.3, -0.25) is 9.78 Å². The largest absolute Gasteiger partial charge is 0.444 e. The van der Waals surface area contributed by atoms with Crippen LogP contribution >= 0.6 is 0 Å². The summed E-state index contributed by atoms with van der Waals surface area (Å²) in [6.45, 7) is 8.95.